The lowest BCUT2D eigenvalue weighted by Crippen LogP contribution is -2.29. The molecule has 1 saturated carbocycles. The highest BCUT2D eigenvalue weighted by Gasteiger charge is 2.22. The van der Waals surface area contributed by atoms with E-state index in [0.29, 0.717) is 17.6 Å². The molecule has 2 atom stereocenters. The fraction of sp³-hybridized carbons (Fsp3) is 0.375. The number of nitrogens with zero attached hydrogens (tertiary/aromatic N) is 3. The standard InChI is InChI=1S/C32H38N6O3/c1-4-21-9-14-26(15-10-21)38-20-28(31(40)37-41-3)29(39)27-19-34-32(36-30(27)38)35-24-11-7-23(8-12-24)16-17-33-25-13-6-22(5-2)18-25/h7-12,14-15,19-20,22,25,33H,4-6,13,16-18H2,1-3H3,(H,37,40)(H,34,35,36). The maximum atomic E-state index is 13.2. The second kappa shape index (κ2) is 13.1. The molecule has 1 aliphatic rings. The number of hydrogen-bond donors (Lipinski definition) is 3. The van der Waals surface area contributed by atoms with Crippen molar-refractivity contribution in [1.29, 1.82) is 0 Å². The van der Waals surface area contributed by atoms with Gasteiger partial charge in [-0.1, -0.05) is 44.5 Å². The lowest BCUT2D eigenvalue weighted by atomic mass is 10.1. The maximum Gasteiger partial charge on any atom is 0.280 e. The van der Waals surface area contributed by atoms with Crippen LogP contribution in [-0.4, -0.2) is 40.1 Å². The summed E-state index contributed by atoms with van der Waals surface area (Å²) < 4.78 is 1.73. The third-order valence-corrected chi connectivity index (χ3v) is 7.98. The van der Waals surface area contributed by atoms with E-state index in [-0.39, 0.29) is 10.9 Å². The maximum absolute atomic E-state index is 13.2. The lowest BCUT2D eigenvalue weighted by Gasteiger charge is -2.14. The first-order chi connectivity index (χ1) is 20.0. The molecule has 2 unspecified atom stereocenters. The third kappa shape index (κ3) is 6.64. The molecule has 9 nitrogen and oxygen atoms in total. The Morgan fingerprint density at radius 3 is 2.49 bits per heavy atom. The van der Waals surface area contributed by atoms with Gasteiger partial charge in [0.25, 0.3) is 5.91 Å². The van der Waals surface area contributed by atoms with Crippen LogP contribution >= 0.6 is 0 Å². The SMILES string of the molecule is CCc1ccc(-n2cc(C(=O)NOC)c(=O)c3cnc(Nc4ccc(CCNC5CCC(CC)C5)cc4)nc32)cc1. The number of aryl methyl sites for hydroxylation is 1. The summed E-state index contributed by atoms with van der Waals surface area (Å²) in [5.74, 6) is 0.596. The van der Waals surface area contributed by atoms with Crippen molar-refractivity contribution in [2.24, 2.45) is 5.92 Å². The normalized spacial score (nSPS) is 16.7. The second-order valence-electron chi connectivity index (χ2n) is 10.6. The van der Waals surface area contributed by atoms with Crippen molar-refractivity contribution in [2.75, 3.05) is 19.0 Å². The molecule has 1 amide bonds. The van der Waals surface area contributed by atoms with Gasteiger partial charge in [-0.2, -0.15) is 4.98 Å². The lowest BCUT2D eigenvalue weighted by molar-refractivity contribution is 0.0536. The van der Waals surface area contributed by atoms with Gasteiger partial charge in [0.1, 0.15) is 5.56 Å². The van der Waals surface area contributed by atoms with Gasteiger partial charge in [-0.3, -0.25) is 14.4 Å². The third-order valence-electron chi connectivity index (χ3n) is 7.98. The zero-order valence-electron chi connectivity index (χ0n) is 23.9. The van der Waals surface area contributed by atoms with Crippen molar-refractivity contribution in [3.8, 4) is 5.69 Å². The van der Waals surface area contributed by atoms with Crippen LogP contribution in [0.25, 0.3) is 16.7 Å². The van der Waals surface area contributed by atoms with Crippen LogP contribution in [0, 0.1) is 5.92 Å². The largest absolute Gasteiger partial charge is 0.324 e. The molecule has 9 heteroatoms. The molecule has 0 radical (unpaired) electrons. The van der Waals surface area contributed by atoms with Crippen LogP contribution in [0.3, 0.4) is 0 Å². The Morgan fingerprint density at radius 2 is 1.80 bits per heavy atom. The number of pyridine rings is 1. The topological polar surface area (TPSA) is 110 Å². The predicted octanol–water partition coefficient (Wildman–Crippen LogP) is 5.09. The summed E-state index contributed by atoms with van der Waals surface area (Å²) in [4.78, 5) is 39.6. The Hall–Kier alpha value is -4.08. The first-order valence-corrected chi connectivity index (χ1v) is 14.4. The van der Waals surface area contributed by atoms with Gasteiger partial charge in [0.05, 0.1) is 12.5 Å². The molecule has 0 saturated heterocycles. The zero-order chi connectivity index (χ0) is 28.8. The molecule has 4 aromatic rings. The summed E-state index contributed by atoms with van der Waals surface area (Å²) >= 11 is 0. The molecule has 3 N–H and O–H groups in total. The number of aromatic nitrogens is 3. The van der Waals surface area contributed by atoms with Gasteiger partial charge in [-0.05, 0) is 80.0 Å². The highest BCUT2D eigenvalue weighted by atomic mass is 16.6. The molecule has 2 aromatic heterocycles. The van der Waals surface area contributed by atoms with E-state index in [1.807, 2.05) is 36.4 Å². The monoisotopic (exact) mass is 554 g/mol. The van der Waals surface area contributed by atoms with Gasteiger partial charge in [0.15, 0.2) is 5.65 Å². The number of hydroxylamine groups is 1. The fourth-order valence-electron chi connectivity index (χ4n) is 5.50. The minimum atomic E-state index is -0.635. The van der Waals surface area contributed by atoms with Crippen LogP contribution in [0.1, 0.15) is 61.0 Å². The molecule has 214 valence electrons. The summed E-state index contributed by atoms with van der Waals surface area (Å²) in [5, 5.41) is 7.21. The zero-order valence-corrected chi connectivity index (χ0v) is 23.9. The highest BCUT2D eigenvalue weighted by molar-refractivity contribution is 5.96. The average Bonchev–Trinajstić information content (AvgIpc) is 3.46. The van der Waals surface area contributed by atoms with E-state index in [2.05, 4.69) is 47.1 Å². The summed E-state index contributed by atoms with van der Waals surface area (Å²) in [6.45, 7) is 5.35. The van der Waals surface area contributed by atoms with Crippen molar-refractivity contribution in [3.05, 3.63) is 87.8 Å². The fourth-order valence-corrected chi connectivity index (χ4v) is 5.50. The number of rotatable bonds is 11. The van der Waals surface area contributed by atoms with Gasteiger partial charge in [-0.25, -0.2) is 10.5 Å². The smallest absolute Gasteiger partial charge is 0.280 e. The number of benzene rings is 2. The number of carbonyl (C=O) groups excluding carboxylic acids is 1. The molecule has 41 heavy (non-hydrogen) atoms. The first kappa shape index (κ1) is 28.4. The molecule has 0 aliphatic heterocycles. The molecule has 0 bridgehead atoms. The molecule has 2 aromatic carbocycles. The molecule has 2 heterocycles. The van der Waals surface area contributed by atoms with Crippen molar-refractivity contribution in [3.63, 3.8) is 0 Å². The number of fused-ring (bicyclic) bond motifs is 1. The minimum absolute atomic E-state index is 0.0635. The molecular formula is C32H38N6O3. The molecular weight excluding hydrogens is 516 g/mol. The van der Waals surface area contributed by atoms with Gasteiger partial charge in [-0.15, -0.1) is 0 Å². The number of nitrogens with one attached hydrogen (secondary N) is 3. The summed E-state index contributed by atoms with van der Waals surface area (Å²) in [5.41, 5.74) is 6.15. The molecule has 1 aliphatic carbocycles. The number of anilines is 2. The van der Waals surface area contributed by atoms with Crippen LogP contribution in [0.5, 0.6) is 0 Å². The van der Waals surface area contributed by atoms with Crippen LogP contribution in [-0.2, 0) is 17.7 Å². The van der Waals surface area contributed by atoms with Crippen LogP contribution in [0.15, 0.2) is 65.7 Å². The van der Waals surface area contributed by atoms with Crippen LogP contribution in [0.4, 0.5) is 11.6 Å². The summed E-state index contributed by atoms with van der Waals surface area (Å²) in [6.07, 6.45) is 10.0. The average molecular weight is 555 g/mol. The van der Waals surface area contributed by atoms with Gasteiger partial charge in [0.2, 0.25) is 11.4 Å². The van der Waals surface area contributed by atoms with E-state index in [9.17, 15) is 9.59 Å². The highest BCUT2D eigenvalue weighted by Crippen LogP contribution is 2.28. The van der Waals surface area contributed by atoms with Crippen LogP contribution in [0.2, 0.25) is 0 Å². The van der Waals surface area contributed by atoms with Crippen molar-refractivity contribution in [2.45, 2.75) is 58.4 Å². The molecule has 0 spiro atoms. The quantitative estimate of drug-likeness (QED) is 0.222. The summed E-state index contributed by atoms with van der Waals surface area (Å²) in [6, 6.07) is 16.8. The van der Waals surface area contributed by atoms with Crippen molar-refractivity contribution in [1.82, 2.24) is 25.3 Å². The summed E-state index contributed by atoms with van der Waals surface area (Å²) in [7, 11) is 1.32. The predicted molar refractivity (Wildman–Crippen MR) is 162 cm³/mol. The van der Waals surface area contributed by atoms with E-state index >= 15 is 0 Å². The Balaban J connectivity index is 1.36. The second-order valence-corrected chi connectivity index (χ2v) is 10.6. The first-order valence-electron chi connectivity index (χ1n) is 14.4. The van der Waals surface area contributed by atoms with Gasteiger partial charge < -0.3 is 15.2 Å². The van der Waals surface area contributed by atoms with E-state index in [4.69, 9.17) is 9.82 Å². The molecule has 5 rings (SSSR count). The Bertz CT molecular complexity index is 1550. The number of amides is 1. The van der Waals surface area contributed by atoms with E-state index in [1.54, 1.807) is 4.57 Å². The van der Waals surface area contributed by atoms with Gasteiger partial charge in [0, 0.05) is 29.8 Å². The van der Waals surface area contributed by atoms with Crippen molar-refractivity contribution < 1.29 is 9.63 Å². The molecule has 1 fully saturated rings. The van der Waals surface area contributed by atoms with E-state index in [0.717, 1.165) is 36.7 Å². The Morgan fingerprint density at radius 1 is 1.05 bits per heavy atom. The van der Waals surface area contributed by atoms with Crippen LogP contribution < -0.4 is 21.5 Å². The minimum Gasteiger partial charge on any atom is -0.324 e. The Kier molecular flexibility index (Phi) is 9.06. The number of carbonyl (C=O) groups is 1. The number of hydrogen-bond acceptors (Lipinski definition) is 7. The Labute approximate surface area is 240 Å². The van der Waals surface area contributed by atoms with Crippen molar-refractivity contribution >= 4 is 28.6 Å². The van der Waals surface area contributed by atoms with E-state index < -0.39 is 11.3 Å². The van der Waals surface area contributed by atoms with Gasteiger partial charge >= 0.3 is 0 Å². The van der Waals surface area contributed by atoms with E-state index in [1.165, 1.54) is 56.3 Å².